The number of ether oxygens (including phenoxy) is 4. The number of fused-ring (bicyclic) bond motifs is 8. The molecule has 10 nitrogen and oxygen atoms in total. The highest BCUT2D eigenvalue weighted by atomic mass is 16.5. The minimum absolute atomic E-state index is 0.110. The van der Waals surface area contributed by atoms with Gasteiger partial charge in [0.25, 0.3) is 5.91 Å². The molecule has 0 fully saturated rings. The number of anilines is 4. The van der Waals surface area contributed by atoms with Crippen molar-refractivity contribution >= 4 is 40.6 Å². The molecule has 5 aromatic rings. The number of carbonyl (C=O) groups excluding carboxylic acids is 1. The Morgan fingerprint density at radius 2 is 1.44 bits per heavy atom. The van der Waals surface area contributed by atoms with Gasteiger partial charge in [0.15, 0.2) is 23.0 Å². The van der Waals surface area contributed by atoms with E-state index >= 15 is 0 Å². The van der Waals surface area contributed by atoms with Crippen LogP contribution in [0.25, 0.3) is 0 Å². The maximum Gasteiger partial charge on any atom is 0.261 e. The fourth-order valence-electron chi connectivity index (χ4n) is 7.97. The van der Waals surface area contributed by atoms with E-state index in [-0.39, 0.29) is 25.2 Å². The van der Waals surface area contributed by atoms with Crippen LogP contribution in [0.5, 0.6) is 23.0 Å². The molecule has 0 radical (unpaired) electrons. The second-order valence-electron chi connectivity index (χ2n) is 13.7. The van der Waals surface area contributed by atoms with Crippen molar-refractivity contribution in [3.8, 4) is 23.0 Å². The molecule has 262 valence electrons. The normalized spacial score (nSPS) is 17.8. The molecule has 1 amide bonds. The minimum atomic E-state index is -0.140. The van der Waals surface area contributed by atoms with Crippen molar-refractivity contribution in [2.75, 3.05) is 41.6 Å². The number of nitrogens with two attached hydrogens (primary N) is 1. The summed E-state index contributed by atoms with van der Waals surface area (Å²) in [6.45, 7) is 2.15. The second-order valence-corrected chi connectivity index (χ2v) is 13.7. The predicted octanol–water partition coefficient (Wildman–Crippen LogP) is 7.09. The maximum atomic E-state index is 13.8. The molecule has 0 unspecified atom stereocenters. The standard InChI is InChI=1S/C42H39N5O5/c1-49-38-16-29-22-46-31(14-27-7-3-5-9-36(27)46)20-44-34(29)18-40(38)51-23-25-11-26(13-30(43)12-25)24-52-41-19-35-33(17-39(41)50-2)42(48)47-32(21-45-35)15-28-8-4-6-10-37(28)47/h3-13,16-19,21,31-32,44H,14-15,20,22-24,43H2,1-2H3/t31-,32-/m0/s1. The molecule has 0 saturated heterocycles. The summed E-state index contributed by atoms with van der Waals surface area (Å²) in [5.74, 6) is 2.17. The number of carbonyl (C=O) groups is 1. The van der Waals surface area contributed by atoms with E-state index in [2.05, 4.69) is 46.6 Å². The molecule has 10 heteroatoms. The van der Waals surface area contributed by atoms with Crippen molar-refractivity contribution in [3.63, 3.8) is 0 Å². The first kappa shape index (κ1) is 31.8. The minimum Gasteiger partial charge on any atom is -0.493 e. The molecule has 4 aliphatic heterocycles. The van der Waals surface area contributed by atoms with Crippen molar-refractivity contribution < 1.29 is 23.7 Å². The summed E-state index contributed by atoms with van der Waals surface area (Å²) in [6, 6.07) is 30.3. The number of rotatable bonds is 8. The third-order valence-electron chi connectivity index (χ3n) is 10.4. The number of hydrogen-bond donors (Lipinski definition) is 2. The molecular weight excluding hydrogens is 654 g/mol. The number of methoxy groups -OCH3 is 2. The van der Waals surface area contributed by atoms with Crippen molar-refractivity contribution in [1.82, 2.24) is 0 Å². The molecule has 4 heterocycles. The molecule has 0 saturated carbocycles. The average Bonchev–Trinajstić information content (AvgIpc) is 3.61. The Morgan fingerprint density at radius 1 is 0.769 bits per heavy atom. The molecule has 9 rings (SSSR count). The molecule has 0 spiro atoms. The zero-order chi connectivity index (χ0) is 35.3. The van der Waals surface area contributed by atoms with Gasteiger partial charge in [-0.05, 0) is 76.7 Å². The van der Waals surface area contributed by atoms with Crippen molar-refractivity contribution in [2.45, 2.75) is 44.7 Å². The van der Waals surface area contributed by atoms with Gasteiger partial charge in [0.2, 0.25) is 0 Å². The van der Waals surface area contributed by atoms with E-state index in [9.17, 15) is 4.79 Å². The topological polar surface area (TPSA) is 111 Å². The smallest absolute Gasteiger partial charge is 0.261 e. The zero-order valence-electron chi connectivity index (χ0n) is 29.1. The third kappa shape index (κ3) is 5.60. The lowest BCUT2D eigenvalue weighted by Crippen LogP contribution is -2.37. The van der Waals surface area contributed by atoms with Gasteiger partial charge in [-0.25, -0.2) is 0 Å². The van der Waals surface area contributed by atoms with Crippen molar-refractivity contribution in [2.24, 2.45) is 4.99 Å². The Kier molecular flexibility index (Phi) is 7.87. The number of nitrogen functional groups attached to an aromatic ring is 1. The monoisotopic (exact) mass is 693 g/mol. The average molecular weight is 694 g/mol. The number of para-hydroxylation sites is 2. The largest absolute Gasteiger partial charge is 0.493 e. The highest BCUT2D eigenvalue weighted by Crippen LogP contribution is 2.42. The zero-order valence-corrected chi connectivity index (χ0v) is 29.1. The van der Waals surface area contributed by atoms with Gasteiger partial charge in [-0.1, -0.05) is 36.4 Å². The van der Waals surface area contributed by atoms with Crippen LogP contribution in [-0.2, 0) is 32.6 Å². The lowest BCUT2D eigenvalue weighted by atomic mass is 10.1. The SMILES string of the molecule is COc1cc2c(cc1OCc1cc(N)cc(COc3cc4c(cc3OC)CN3c5ccccc5C[C@H]3CN4)c1)N=C[C@@H]1Cc3ccccc3N1C2=O. The van der Waals surface area contributed by atoms with E-state index in [0.717, 1.165) is 54.0 Å². The lowest BCUT2D eigenvalue weighted by molar-refractivity contribution is 0.0986. The molecular formula is C42H39N5O5. The Labute approximate surface area is 302 Å². The number of nitrogens with one attached hydrogen (secondary N) is 1. The predicted molar refractivity (Wildman–Crippen MR) is 203 cm³/mol. The molecule has 0 aliphatic carbocycles. The molecule has 3 N–H and O–H groups in total. The summed E-state index contributed by atoms with van der Waals surface area (Å²) in [6.07, 6.45) is 3.61. The van der Waals surface area contributed by atoms with Crippen molar-refractivity contribution in [1.29, 1.82) is 0 Å². The van der Waals surface area contributed by atoms with E-state index in [1.807, 2.05) is 53.6 Å². The molecule has 5 aromatic carbocycles. The number of hydrogen-bond acceptors (Lipinski definition) is 9. The van der Waals surface area contributed by atoms with Crippen LogP contribution in [0.15, 0.2) is 96.0 Å². The Balaban J connectivity index is 0.909. The van der Waals surface area contributed by atoms with Gasteiger partial charge in [-0.2, -0.15) is 0 Å². The summed E-state index contributed by atoms with van der Waals surface area (Å²) < 4.78 is 24.2. The van der Waals surface area contributed by atoms with E-state index in [1.165, 1.54) is 16.8 Å². The maximum absolute atomic E-state index is 13.8. The molecule has 2 atom stereocenters. The first-order valence-corrected chi connectivity index (χ1v) is 17.6. The summed E-state index contributed by atoms with van der Waals surface area (Å²) in [5, 5.41) is 3.67. The highest BCUT2D eigenvalue weighted by Gasteiger charge is 2.37. The number of benzene rings is 5. The van der Waals surface area contributed by atoms with Crippen LogP contribution >= 0.6 is 0 Å². The second kappa shape index (κ2) is 12.9. The quantitative estimate of drug-likeness (QED) is 0.166. The van der Waals surface area contributed by atoms with Gasteiger partial charge in [0, 0.05) is 60.6 Å². The Morgan fingerprint density at radius 3 is 2.19 bits per heavy atom. The highest BCUT2D eigenvalue weighted by molar-refractivity contribution is 6.14. The van der Waals surface area contributed by atoms with Crippen LogP contribution in [-0.4, -0.2) is 45.0 Å². The third-order valence-corrected chi connectivity index (χ3v) is 10.4. The van der Waals surface area contributed by atoms with E-state index in [0.29, 0.717) is 46.0 Å². The van der Waals surface area contributed by atoms with Crippen LogP contribution in [0.1, 0.15) is 38.2 Å². The summed E-state index contributed by atoms with van der Waals surface area (Å²) >= 11 is 0. The molecule has 0 aromatic heterocycles. The van der Waals surface area contributed by atoms with Crippen LogP contribution < -0.4 is 39.8 Å². The Hall–Kier alpha value is -6.16. The molecule has 4 aliphatic rings. The molecule has 52 heavy (non-hydrogen) atoms. The first-order valence-electron chi connectivity index (χ1n) is 17.6. The Bertz CT molecular complexity index is 2250. The number of aliphatic imine (C=N–C) groups is 1. The van der Waals surface area contributed by atoms with Gasteiger partial charge in [-0.3, -0.25) is 14.7 Å². The van der Waals surface area contributed by atoms with Gasteiger partial charge in [-0.15, -0.1) is 0 Å². The van der Waals surface area contributed by atoms with Crippen LogP contribution in [0.3, 0.4) is 0 Å². The summed E-state index contributed by atoms with van der Waals surface area (Å²) in [7, 11) is 3.24. The molecule has 0 bridgehead atoms. The van der Waals surface area contributed by atoms with E-state index < -0.39 is 0 Å². The van der Waals surface area contributed by atoms with Crippen LogP contribution in [0, 0.1) is 0 Å². The van der Waals surface area contributed by atoms with Gasteiger partial charge < -0.3 is 34.9 Å². The van der Waals surface area contributed by atoms with Gasteiger partial charge in [0.05, 0.1) is 37.6 Å². The summed E-state index contributed by atoms with van der Waals surface area (Å²) in [5.41, 5.74) is 16.7. The van der Waals surface area contributed by atoms with E-state index in [1.54, 1.807) is 26.4 Å². The summed E-state index contributed by atoms with van der Waals surface area (Å²) in [4.78, 5) is 22.8. The lowest BCUT2D eigenvalue weighted by Gasteiger charge is -2.25. The number of amides is 1. The fraction of sp³-hybridized carbons (Fsp3) is 0.238. The van der Waals surface area contributed by atoms with Gasteiger partial charge in [0.1, 0.15) is 13.2 Å². The van der Waals surface area contributed by atoms with E-state index in [4.69, 9.17) is 29.7 Å². The first-order chi connectivity index (χ1) is 25.4. The van der Waals surface area contributed by atoms with Crippen LogP contribution in [0.2, 0.25) is 0 Å². The van der Waals surface area contributed by atoms with Crippen molar-refractivity contribution in [3.05, 3.63) is 124 Å². The fourth-order valence-corrected chi connectivity index (χ4v) is 7.97. The number of nitrogens with zero attached hydrogens (tertiary/aromatic N) is 3. The van der Waals surface area contributed by atoms with Crippen LogP contribution in [0.4, 0.5) is 28.4 Å². The van der Waals surface area contributed by atoms with Gasteiger partial charge >= 0.3 is 0 Å².